The molecule has 142 valence electrons. The molecule has 0 radical (unpaired) electrons. The zero-order valence-corrected chi connectivity index (χ0v) is 16.5. The van der Waals surface area contributed by atoms with E-state index in [0.717, 1.165) is 45.2 Å². The lowest BCUT2D eigenvalue weighted by molar-refractivity contribution is 0.243. The Morgan fingerprint density at radius 2 is 2.00 bits per heavy atom. The first kappa shape index (κ1) is 18.3. The summed E-state index contributed by atoms with van der Waals surface area (Å²) in [6.45, 7) is 4.04. The summed E-state index contributed by atoms with van der Waals surface area (Å²) in [5, 5.41) is 8.62. The molecule has 4 rings (SSSR count). The highest BCUT2D eigenvalue weighted by molar-refractivity contribution is 7.99. The maximum atomic E-state index is 5.83. The normalized spacial score (nSPS) is 11.1. The Morgan fingerprint density at radius 3 is 2.82 bits per heavy atom. The van der Waals surface area contributed by atoms with Crippen LogP contribution in [0.5, 0.6) is 5.75 Å². The van der Waals surface area contributed by atoms with Gasteiger partial charge in [-0.3, -0.25) is 10.1 Å². The maximum absolute atomic E-state index is 5.83. The Kier molecular flexibility index (Phi) is 5.43. The van der Waals surface area contributed by atoms with Gasteiger partial charge < -0.3 is 9.46 Å². The van der Waals surface area contributed by atoms with Gasteiger partial charge in [-0.05, 0) is 68.3 Å². The van der Waals surface area contributed by atoms with Crippen LogP contribution in [0.1, 0.15) is 19.5 Å². The predicted octanol–water partition coefficient (Wildman–Crippen LogP) is 5.07. The molecule has 0 saturated carbocycles. The second-order valence-electron chi connectivity index (χ2n) is 6.59. The van der Waals surface area contributed by atoms with E-state index < -0.39 is 0 Å². The van der Waals surface area contributed by atoms with E-state index in [4.69, 9.17) is 4.74 Å². The van der Waals surface area contributed by atoms with E-state index in [0.29, 0.717) is 0 Å². The largest absolute Gasteiger partial charge is 0.491 e. The van der Waals surface area contributed by atoms with Crippen molar-refractivity contribution in [1.82, 2.24) is 20.2 Å². The van der Waals surface area contributed by atoms with Crippen LogP contribution in [0, 0.1) is 0 Å². The summed E-state index contributed by atoms with van der Waals surface area (Å²) in [6.07, 6.45) is 3.71. The lowest BCUT2D eigenvalue weighted by atomic mass is 10.1. The number of pyridine rings is 2. The summed E-state index contributed by atoms with van der Waals surface area (Å²) in [4.78, 5) is 8.73. The molecule has 28 heavy (non-hydrogen) atoms. The van der Waals surface area contributed by atoms with Crippen LogP contribution in [0.4, 0.5) is 5.82 Å². The number of rotatable bonds is 7. The third kappa shape index (κ3) is 4.26. The number of H-pyrrole nitrogens is 1. The molecular formula is C21H21N5OS. The highest BCUT2D eigenvalue weighted by atomic mass is 32.2. The van der Waals surface area contributed by atoms with Crippen molar-refractivity contribution in [3.05, 3.63) is 66.6 Å². The minimum absolute atomic E-state index is 0.126. The number of nitrogens with one attached hydrogen (secondary N) is 2. The van der Waals surface area contributed by atoms with E-state index in [1.165, 1.54) is 0 Å². The summed E-state index contributed by atoms with van der Waals surface area (Å²) < 4.78 is 9.11. The Bertz CT molecular complexity index is 1060. The minimum Gasteiger partial charge on any atom is -0.491 e. The van der Waals surface area contributed by atoms with Crippen molar-refractivity contribution in [3.63, 3.8) is 0 Å². The van der Waals surface area contributed by atoms with E-state index in [1.807, 2.05) is 62.4 Å². The van der Waals surface area contributed by atoms with E-state index in [2.05, 4.69) is 24.9 Å². The molecule has 0 aliphatic carbocycles. The van der Waals surface area contributed by atoms with Crippen LogP contribution >= 0.6 is 11.9 Å². The molecule has 7 heteroatoms. The summed E-state index contributed by atoms with van der Waals surface area (Å²) in [5.41, 5.74) is 3.86. The van der Waals surface area contributed by atoms with Crippen LogP contribution in [-0.4, -0.2) is 26.3 Å². The third-order valence-electron chi connectivity index (χ3n) is 4.06. The maximum Gasteiger partial charge on any atom is 0.136 e. The topological polar surface area (TPSA) is 75.7 Å². The third-order valence-corrected chi connectivity index (χ3v) is 4.86. The summed E-state index contributed by atoms with van der Waals surface area (Å²) >= 11 is 1.56. The minimum atomic E-state index is 0.126. The van der Waals surface area contributed by atoms with Gasteiger partial charge in [0, 0.05) is 23.3 Å². The number of aromatic amines is 1. The van der Waals surface area contributed by atoms with Crippen LogP contribution < -0.4 is 9.46 Å². The highest BCUT2D eigenvalue weighted by Crippen LogP contribution is 2.30. The van der Waals surface area contributed by atoms with Gasteiger partial charge in [0.2, 0.25) is 0 Å². The quantitative estimate of drug-likeness (QED) is 0.429. The van der Waals surface area contributed by atoms with Gasteiger partial charge in [-0.1, -0.05) is 6.07 Å². The van der Waals surface area contributed by atoms with Crippen molar-refractivity contribution < 1.29 is 4.74 Å². The fourth-order valence-electron chi connectivity index (χ4n) is 2.86. The number of aromatic nitrogens is 4. The number of ether oxygens (including phenoxy) is 1. The van der Waals surface area contributed by atoms with Gasteiger partial charge in [-0.25, -0.2) is 4.98 Å². The first-order valence-electron chi connectivity index (χ1n) is 9.08. The summed E-state index contributed by atoms with van der Waals surface area (Å²) in [6, 6.07) is 15.8. The molecular weight excluding hydrogens is 370 g/mol. The molecule has 0 fully saturated rings. The zero-order valence-electron chi connectivity index (χ0n) is 15.7. The first-order chi connectivity index (χ1) is 13.7. The number of hydrogen-bond donors (Lipinski definition) is 2. The fraction of sp³-hybridized carbons (Fsp3) is 0.190. The molecule has 0 saturated heterocycles. The van der Waals surface area contributed by atoms with Gasteiger partial charge >= 0.3 is 0 Å². The molecule has 0 amide bonds. The molecule has 4 aromatic rings. The molecule has 3 aromatic heterocycles. The lowest BCUT2D eigenvalue weighted by Gasteiger charge is -2.09. The van der Waals surface area contributed by atoms with Gasteiger partial charge in [0.05, 0.1) is 23.1 Å². The smallest absolute Gasteiger partial charge is 0.136 e. The monoisotopic (exact) mass is 391 g/mol. The van der Waals surface area contributed by atoms with Crippen molar-refractivity contribution in [1.29, 1.82) is 0 Å². The predicted molar refractivity (Wildman–Crippen MR) is 114 cm³/mol. The SMILES string of the molecule is CC(C)Oc1ccc2[nH]nc(-c3ccnc(NSCc4ccccn4)c3)c2c1. The molecule has 3 heterocycles. The molecule has 0 unspecified atom stereocenters. The van der Waals surface area contributed by atoms with Gasteiger partial charge in [-0.2, -0.15) is 5.10 Å². The van der Waals surface area contributed by atoms with Gasteiger partial charge in [0.15, 0.2) is 0 Å². The molecule has 0 bridgehead atoms. The highest BCUT2D eigenvalue weighted by Gasteiger charge is 2.11. The van der Waals surface area contributed by atoms with Crippen LogP contribution in [0.2, 0.25) is 0 Å². The molecule has 6 nitrogen and oxygen atoms in total. The number of fused-ring (bicyclic) bond motifs is 1. The second-order valence-corrected chi connectivity index (χ2v) is 7.37. The Hall–Kier alpha value is -3.06. The van der Waals surface area contributed by atoms with Crippen molar-refractivity contribution in [2.75, 3.05) is 4.72 Å². The molecule has 0 aliphatic heterocycles. The standard InChI is InChI=1S/C21H21N5OS/c1-14(2)27-17-6-7-19-18(12-17)21(25-24-19)15-8-10-23-20(11-15)26-28-13-16-5-3-4-9-22-16/h3-12,14H,13H2,1-2H3,(H,23,26)(H,24,25). The second kappa shape index (κ2) is 8.31. The lowest BCUT2D eigenvalue weighted by Crippen LogP contribution is -2.05. The van der Waals surface area contributed by atoms with Crippen molar-refractivity contribution in [3.8, 4) is 17.0 Å². The molecule has 0 spiro atoms. The summed E-state index contributed by atoms with van der Waals surface area (Å²) in [7, 11) is 0. The van der Waals surface area contributed by atoms with Crippen LogP contribution in [0.25, 0.3) is 22.2 Å². The van der Waals surface area contributed by atoms with Crippen molar-refractivity contribution >= 4 is 28.7 Å². The Balaban J connectivity index is 1.53. The van der Waals surface area contributed by atoms with Gasteiger partial charge in [0.1, 0.15) is 17.3 Å². The van der Waals surface area contributed by atoms with Crippen LogP contribution in [0.3, 0.4) is 0 Å². The number of hydrogen-bond acceptors (Lipinski definition) is 6. The van der Waals surface area contributed by atoms with Gasteiger partial charge in [-0.15, -0.1) is 0 Å². The molecule has 1 aromatic carbocycles. The average molecular weight is 392 g/mol. The first-order valence-corrected chi connectivity index (χ1v) is 10.1. The molecule has 0 aliphatic rings. The van der Waals surface area contributed by atoms with E-state index in [9.17, 15) is 0 Å². The number of benzene rings is 1. The molecule has 2 N–H and O–H groups in total. The fourth-order valence-corrected chi connectivity index (χ4v) is 3.51. The Labute approximate surface area is 167 Å². The van der Waals surface area contributed by atoms with Gasteiger partial charge in [0.25, 0.3) is 0 Å². The van der Waals surface area contributed by atoms with E-state index >= 15 is 0 Å². The number of anilines is 1. The molecule has 0 atom stereocenters. The van der Waals surface area contributed by atoms with Crippen LogP contribution in [0.15, 0.2) is 60.9 Å². The number of nitrogens with zero attached hydrogens (tertiary/aromatic N) is 3. The van der Waals surface area contributed by atoms with Crippen molar-refractivity contribution in [2.24, 2.45) is 0 Å². The average Bonchev–Trinajstić information content (AvgIpc) is 3.12. The summed E-state index contributed by atoms with van der Waals surface area (Å²) in [5.74, 6) is 2.38. The zero-order chi connectivity index (χ0) is 19.3. The van der Waals surface area contributed by atoms with Crippen LogP contribution in [-0.2, 0) is 5.75 Å². The van der Waals surface area contributed by atoms with Crippen molar-refractivity contribution in [2.45, 2.75) is 25.7 Å². The van der Waals surface area contributed by atoms with E-state index in [-0.39, 0.29) is 6.10 Å². The van der Waals surface area contributed by atoms with E-state index in [1.54, 1.807) is 24.3 Å². The Morgan fingerprint density at radius 1 is 1.07 bits per heavy atom.